The van der Waals surface area contributed by atoms with Crippen LogP contribution in [0.15, 0.2) is 44.7 Å². The minimum atomic E-state index is -3.78. The van der Waals surface area contributed by atoms with Crippen LogP contribution in [-0.4, -0.2) is 46.5 Å². The molecule has 0 saturated carbocycles. The van der Waals surface area contributed by atoms with E-state index < -0.39 is 21.9 Å². The molecule has 1 saturated heterocycles. The molecule has 1 aliphatic rings. The molecule has 0 radical (unpaired) electrons. The van der Waals surface area contributed by atoms with E-state index in [1.807, 2.05) is 6.07 Å². The lowest BCUT2D eigenvalue weighted by molar-refractivity contribution is 0.205. The summed E-state index contributed by atoms with van der Waals surface area (Å²) in [4.78, 5) is 19.5. The van der Waals surface area contributed by atoms with Gasteiger partial charge in [0.05, 0.1) is 17.0 Å². The first-order valence-electron chi connectivity index (χ1n) is 8.37. The number of aromatic nitrogens is 3. The Balaban J connectivity index is 1.57. The molecule has 0 N–H and O–H groups in total. The maximum Gasteiger partial charge on any atom is 0.419 e. The van der Waals surface area contributed by atoms with E-state index in [4.69, 9.17) is 14.4 Å². The van der Waals surface area contributed by atoms with Gasteiger partial charge in [-0.3, -0.25) is 4.57 Å². The van der Waals surface area contributed by atoms with Crippen molar-refractivity contribution in [2.45, 2.75) is 17.4 Å². The van der Waals surface area contributed by atoms with E-state index in [0.29, 0.717) is 17.5 Å². The van der Waals surface area contributed by atoms with Crippen molar-refractivity contribution in [1.82, 2.24) is 18.8 Å². The van der Waals surface area contributed by atoms with E-state index in [0.717, 1.165) is 0 Å². The van der Waals surface area contributed by atoms with Crippen LogP contribution in [0, 0.1) is 11.3 Å². The third kappa shape index (κ3) is 3.02. The van der Waals surface area contributed by atoms with Gasteiger partial charge in [0, 0.05) is 26.0 Å². The van der Waals surface area contributed by atoms with E-state index in [2.05, 4.69) is 9.97 Å². The van der Waals surface area contributed by atoms with Crippen LogP contribution in [0.5, 0.6) is 5.88 Å². The first kappa shape index (κ1) is 18.1. The van der Waals surface area contributed by atoms with Crippen LogP contribution in [0.2, 0.25) is 0 Å². The van der Waals surface area contributed by atoms with Gasteiger partial charge in [-0.05, 0) is 24.6 Å². The van der Waals surface area contributed by atoms with E-state index >= 15 is 0 Å². The van der Waals surface area contributed by atoms with Gasteiger partial charge in [0.25, 0.3) is 5.88 Å². The standard InChI is InChI=1S/C17H15N5O5S/c1-21-14-8-12(2-3-15(14)27-17(21)23)28(24,25)22-7-4-11(10-22)26-16-13(9-18)19-5-6-20-16/h2-3,5-6,8,11H,4,7,10H2,1H3. The van der Waals surface area contributed by atoms with E-state index in [-0.39, 0.29) is 29.6 Å². The molecule has 2 aromatic heterocycles. The second-order valence-electron chi connectivity index (χ2n) is 6.27. The van der Waals surface area contributed by atoms with Gasteiger partial charge < -0.3 is 9.15 Å². The average Bonchev–Trinajstić information content (AvgIpc) is 3.27. The number of benzene rings is 1. The Morgan fingerprint density at radius 3 is 2.89 bits per heavy atom. The Labute approximate surface area is 159 Å². The summed E-state index contributed by atoms with van der Waals surface area (Å²) in [5.74, 6) is -0.472. The Bertz CT molecular complexity index is 1260. The Morgan fingerprint density at radius 2 is 2.11 bits per heavy atom. The predicted octanol–water partition coefficient (Wildman–Crippen LogP) is 0.635. The molecule has 3 heterocycles. The lowest BCUT2D eigenvalue weighted by Crippen LogP contribution is -2.31. The quantitative estimate of drug-likeness (QED) is 0.622. The highest BCUT2D eigenvalue weighted by molar-refractivity contribution is 7.89. The molecule has 1 fully saturated rings. The van der Waals surface area contributed by atoms with E-state index in [1.54, 1.807) is 0 Å². The number of fused-ring (bicyclic) bond motifs is 1. The second-order valence-corrected chi connectivity index (χ2v) is 8.21. The maximum absolute atomic E-state index is 13.0. The van der Waals surface area contributed by atoms with Crippen LogP contribution < -0.4 is 10.5 Å². The molecule has 0 amide bonds. The number of aryl methyl sites for hydroxylation is 1. The molecule has 1 aliphatic heterocycles. The van der Waals surface area contributed by atoms with E-state index in [9.17, 15) is 13.2 Å². The fourth-order valence-corrected chi connectivity index (χ4v) is 4.58. The molecule has 0 spiro atoms. The molecular formula is C17H15N5O5S. The Kier molecular flexibility index (Phi) is 4.37. The normalized spacial score (nSPS) is 17.6. The predicted molar refractivity (Wildman–Crippen MR) is 96.0 cm³/mol. The summed E-state index contributed by atoms with van der Waals surface area (Å²) in [6, 6.07) is 6.18. The minimum Gasteiger partial charge on any atom is -0.471 e. The van der Waals surface area contributed by atoms with Crippen molar-refractivity contribution in [3.05, 3.63) is 46.8 Å². The number of rotatable bonds is 4. The number of hydrogen-bond donors (Lipinski definition) is 0. The fourth-order valence-electron chi connectivity index (χ4n) is 3.07. The number of ether oxygens (including phenoxy) is 1. The summed E-state index contributed by atoms with van der Waals surface area (Å²) >= 11 is 0. The number of nitrogens with zero attached hydrogens (tertiary/aromatic N) is 5. The lowest BCUT2D eigenvalue weighted by atomic mass is 10.3. The molecule has 11 heteroatoms. The molecule has 10 nitrogen and oxygen atoms in total. The third-order valence-corrected chi connectivity index (χ3v) is 6.42. The molecule has 0 bridgehead atoms. The smallest absolute Gasteiger partial charge is 0.419 e. The molecule has 1 unspecified atom stereocenters. The average molecular weight is 401 g/mol. The van der Waals surface area contributed by atoms with Gasteiger partial charge >= 0.3 is 5.76 Å². The van der Waals surface area contributed by atoms with Crippen molar-refractivity contribution >= 4 is 21.1 Å². The molecule has 1 aromatic carbocycles. The first-order chi connectivity index (χ1) is 13.4. The van der Waals surface area contributed by atoms with Crippen LogP contribution in [0.4, 0.5) is 0 Å². The maximum atomic E-state index is 13.0. The van der Waals surface area contributed by atoms with Crippen molar-refractivity contribution in [2.24, 2.45) is 7.05 Å². The molecule has 0 aliphatic carbocycles. The third-order valence-electron chi connectivity index (χ3n) is 4.56. The summed E-state index contributed by atoms with van der Waals surface area (Å²) in [6.45, 7) is 0.379. The van der Waals surface area contributed by atoms with Crippen molar-refractivity contribution in [3.63, 3.8) is 0 Å². The first-order valence-corrected chi connectivity index (χ1v) is 9.81. The number of sulfonamides is 1. The molecule has 1 atom stereocenters. The summed E-state index contributed by atoms with van der Waals surface area (Å²) in [5.41, 5.74) is 0.771. The van der Waals surface area contributed by atoms with Crippen LogP contribution in [-0.2, 0) is 17.1 Å². The van der Waals surface area contributed by atoms with Crippen LogP contribution in [0.25, 0.3) is 11.1 Å². The number of oxazole rings is 1. The van der Waals surface area contributed by atoms with Crippen LogP contribution in [0.3, 0.4) is 0 Å². The van der Waals surface area contributed by atoms with Gasteiger partial charge in [-0.25, -0.2) is 23.2 Å². The topological polar surface area (TPSA) is 131 Å². The fraction of sp³-hybridized carbons (Fsp3) is 0.294. The highest BCUT2D eigenvalue weighted by atomic mass is 32.2. The Hall–Kier alpha value is -3.23. The second kappa shape index (κ2) is 6.74. The molecule has 4 rings (SSSR count). The van der Waals surface area contributed by atoms with Crippen LogP contribution in [0.1, 0.15) is 12.1 Å². The van der Waals surface area contributed by atoms with Gasteiger partial charge in [0.15, 0.2) is 5.58 Å². The van der Waals surface area contributed by atoms with Gasteiger partial charge in [-0.2, -0.15) is 9.57 Å². The van der Waals surface area contributed by atoms with Crippen molar-refractivity contribution in [2.75, 3.05) is 13.1 Å². The largest absolute Gasteiger partial charge is 0.471 e. The monoisotopic (exact) mass is 401 g/mol. The summed E-state index contributed by atoms with van der Waals surface area (Å²) in [7, 11) is -2.27. The zero-order chi connectivity index (χ0) is 19.9. The number of nitriles is 1. The lowest BCUT2D eigenvalue weighted by Gasteiger charge is -2.17. The van der Waals surface area contributed by atoms with E-state index in [1.165, 1.54) is 46.5 Å². The summed E-state index contributed by atoms with van der Waals surface area (Å²) in [6.07, 6.45) is 2.80. The summed E-state index contributed by atoms with van der Waals surface area (Å²) in [5, 5.41) is 9.06. The highest BCUT2D eigenvalue weighted by Gasteiger charge is 2.34. The van der Waals surface area contributed by atoms with Crippen molar-refractivity contribution in [1.29, 1.82) is 5.26 Å². The SMILES string of the molecule is Cn1c(=O)oc2ccc(S(=O)(=O)N3CCC(Oc4nccnc4C#N)C3)cc21. The molecular weight excluding hydrogens is 386 g/mol. The Morgan fingerprint density at radius 1 is 1.32 bits per heavy atom. The zero-order valence-corrected chi connectivity index (χ0v) is 15.6. The molecule has 28 heavy (non-hydrogen) atoms. The summed E-state index contributed by atoms with van der Waals surface area (Å²) < 4.78 is 39.3. The van der Waals surface area contributed by atoms with Gasteiger partial charge in [-0.1, -0.05) is 0 Å². The van der Waals surface area contributed by atoms with Gasteiger partial charge in [-0.15, -0.1) is 0 Å². The molecule has 3 aromatic rings. The van der Waals surface area contributed by atoms with Gasteiger partial charge in [0.2, 0.25) is 15.7 Å². The number of hydrogen-bond acceptors (Lipinski definition) is 8. The van der Waals surface area contributed by atoms with Gasteiger partial charge in [0.1, 0.15) is 12.2 Å². The van der Waals surface area contributed by atoms with Crippen molar-refractivity contribution < 1.29 is 17.6 Å². The van der Waals surface area contributed by atoms with Crippen LogP contribution >= 0.6 is 0 Å². The molecule has 144 valence electrons. The zero-order valence-electron chi connectivity index (χ0n) is 14.8. The van der Waals surface area contributed by atoms with Crippen molar-refractivity contribution in [3.8, 4) is 11.9 Å². The minimum absolute atomic E-state index is 0.0510. The highest BCUT2D eigenvalue weighted by Crippen LogP contribution is 2.26.